The van der Waals surface area contributed by atoms with Crippen molar-refractivity contribution in [2.75, 3.05) is 33.7 Å². The number of nitrogens with two attached hydrogens (primary N) is 1. The van der Waals surface area contributed by atoms with Crippen molar-refractivity contribution >= 4 is 5.91 Å². The van der Waals surface area contributed by atoms with Crippen molar-refractivity contribution in [1.82, 2.24) is 9.80 Å². The van der Waals surface area contributed by atoms with E-state index in [1.165, 1.54) is 12.1 Å². The van der Waals surface area contributed by atoms with Crippen LogP contribution in [0.15, 0.2) is 24.3 Å². The largest absolute Gasteiger partial charge is 0.416 e. The molecule has 1 aliphatic rings. The van der Waals surface area contributed by atoms with Gasteiger partial charge < -0.3 is 15.5 Å². The normalized spacial score (nSPS) is 20.6. The van der Waals surface area contributed by atoms with Crippen LogP contribution >= 0.6 is 0 Å². The van der Waals surface area contributed by atoms with Crippen LogP contribution in [0.1, 0.15) is 30.4 Å². The fourth-order valence-corrected chi connectivity index (χ4v) is 3.49. The Labute approximate surface area is 153 Å². The number of rotatable bonds is 7. The fraction of sp³-hybridized carbons (Fsp3) is 0.632. The van der Waals surface area contributed by atoms with Crippen molar-refractivity contribution in [2.45, 2.75) is 32.0 Å². The highest BCUT2D eigenvalue weighted by atomic mass is 19.4. The van der Waals surface area contributed by atoms with Crippen LogP contribution in [0.2, 0.25) is 0 Å². The summed E-state index contributed by atoms with van der Waals surface area (Å²) in [6.45, 7) is 2.06. The van der Waals surface area contributed by atoms with E-state index < -0.39 is 11.7 Å². The first-order chi connectivity index (χ1) is 12.2. The fourth-order valence-electron chi connectivity index (χ4n) is 3.49. The monoisotopic (exact) mass is 371 g/mol. The number of halogens is 3. The van der Waals surface area contributed by atoms with Crippen LogP contribution in [0, 0.1) is 11.8 Å². The number of hydrogen-bond donors (Lipinski definition) is 1. The molecule has 4 nitrogen and oxygen atoms in total. The van der Waals surface area contributed by atoms with Gasteiger partial charge in [-0.2, -0.15) is 13.2 Å². The Morgan fingerprint density at radius 3 is 2.35 bits per heavy atom. The van der Waals surface area contributed by atoms with Crippen molar-refractivity contribution in [3.05, 3.63) is 35.4 Å². The molecular weight excluding hydrogens is 343 g/mol. The lowest BCUT2D eigenvalue weighted by Gasteiger charge is -2.29. The minimum absolute atomic E-state index is 0.0692. The lowest BCUT2D eigenvalue weighted by atomic mass is 9.94. The zero-order valence-electron chi connectivity index (χ0n) is 15.4. The third-order valence-corrected chi connectivity index (χ3v) is 5.06. The van der Waals surface area contributed by atoms with Gasteiger partial charge in [0.05, 0.1) is 5.56 Å². The Morgan fingerprint density at radius 2 is 1.81 bits per heavy atom. The second kappa shape index (κ2) is 8.86. The molecule has 0 aliphatic heterocycles. The quantitative estimate of drug-likeness (QED) is 0.802. The SMILES string of the molecule is CN(C)CCN(Cc1ccc(C(F)(F)F)cc1)C(=O)[C@@H]1CCC[C@@H]1CN. The second-order valence-electron chi connectivity index (χ2n) is 7.29. The van der Waals surface area contributed by atoms with Gasteiger partial charge in [-0.1, -0.05) is 18.6 Å². The van der Waals surface area contributed by atoms with Crippen LogP contribution in [0.4, 0.5) is 13.2 Å². The molecule has 26 heavy (non-hydrogen) atoms. The molecule has 0 unspecified atom stereocenters. The van der Waals surface area contributed by atoms with Crippen molar-refractivity contribution in [3.8, 4) is 0 Å². The molecule has 1 aliphatic carbocycles. The molecule has 146 valence electrons. The van der Waals surface area contributed by atoms with Crippen molar-refractivity contribution < 1.29 is 18.0 Å². The van der Waals surface area contributed by atoms with Crippen LogP contribution in [0.3, 0.4) is 0 Å². The first-order valence-electron chi connectivity index (χ1n) is 9.02. The number of benzene rings is 1. The van der Waals surface area contributed by atoms with E-state index in [0.717, 1.165) is 31.4 Å². The number of likely N-dealkylation sites (N-methyl/N-ethyl adjacent to an activating group) is 1. The van der Waals surface area contributed by atoms with E-state index in [1.807, 2.05) is 19.0 Å². The molecule has 1 saturated carbocycles. The van der Waals surface area contributed by atoms with Gasteiger partial charge >= 0.3 is 6.18 Å². The van der Waals surface area contributed by atoms with Gasteiger partial charge in [-0.05, 0) is 57.1 Å². The number of amides is 1. The first-order valence-corrected chi connectivity index (χ1v) is 9.02. The molecule has 0 heterocycles. The standard InChI is InChI=1S/C19H28F3N3O/c1-24(2)10-11-25(18(26)17-5-3-4-15(17)12-23)13-14-6-8-16(9-7-14)19(20,21)22/h6-9,15,17H,3-5,10-13,23H2,1-2H3/t15-,17-/m1/s1. The minimum Gasteiger partial charge on any atom is -0.337 e. The van der Waals surface area contributed by atoms with Gasteiger partial charge in [0.25, 0.3) is 0 Å². The van der Waals surface area contributed by atoms with Gasteiger partial charge in [-0.25, -0.2) is 0 Å². The van der Waals surface area contributed by atoms with Crippen LogP contribution in [-0.2, 0) is 17.5 Å². The maximum atomic E-state index is 13.0. The average Bonchev–Trinajstić information content (AvgIpc) is 3.06. The highest BCUT2D eigenvalue weighted by Crippen LogP contribution is 2.33. The van der Waals surface area contributed by atoms with Crippen LogP contribution < -0.4 is 5.73 Å². The summed E-state index contributed by atoms with van der Waals surface area (Å²) in [4.78, 5) is 16.8. The highest BCUT2D eigenvalue weighted by molar-refractivity contribution is 5.79. The lowest BCUT2D eigenvalue weighted by Crippen LogP contribution is -2.41. The smallest absolute Gasteiger partial charge is 0.337 e. The van der Waals surface area contributed by atoms with Gasteiger partial charge in [0, 0.05) is 25.6 Å². The molecule has 7 heteroatoms. The minimum atomic E-state index is -4.35. The molecule has 0 aromatic heterocycles. The summed E-state index contributed by atoms with van der Waals surface area (Å²) in [5.74, 6) is 0.202. The summed E-state index contributed by atoms with van der Waals surface area (Å²) in [6, 6.07) is 5.05. The van der Waals surface area contributed by atoms with Gasteiger partial charge in [0.1, 0.15) is 0 Å². The first kappa shape index (κ1) is 20.7. The van der Waals surface area contributed by atoms with Gasteiger partial charge in [-0.3, -0.25) is 4.79 Å². The van der Waals surface area contributed by atoms with E-state index >= 15 is 0 Å². The van der Waals surface area contributed by atoms with Crippen molar-refractivity contribution in [2.24, 2.45) is 17.6 Å². The zero-order chi connectivity index (χ0) is 19.3. The van der Waals surface area contributed by atoms with Gasteiger partial charge in [0.15, 0.2) is 0 Å². The molecule has 0 radical (unpaired) electrons. The van der Waals surface area contributed by atoms with E-state index in [9.17, 15) is 18.0 Å². The van der Waals surface area contributed by atoms with E-state index in [4.69, 9.17) is 5.73 Å². The van der Waals surface area contributed by atoms with Crippen LogP contribution in [0.25, 0.3) is 0 Å². The van der Waals surface area contributed by atoms with E-state index in [-0.39, 0.29) is 17.7 Å². The third-order valence-electron chi connectivity index (χ3n) is 5.06. The summed E-state index contributed by atoms with van der Waals surface area (Å²) in [6.07, 6.45) is -1.54. The summed E-state index contributed by atoms with van der Waals surface area (Å²) in [5.41, 5.74) is 5.84. The Kier molecular flexibility index (Phi) is 7.06. The van der Waals surface area contributed by atoms with Crippen molar-refractivity contribution in [1.29, 1.82) is 0 Å². The maximum absolute atomic E-state index is 13.0. The van der Waals surface area contributed by atoms with E-state index in [0.29, 0.717) is 31.7 Å². The molecule has 2 atom stereocenters. The molecule has 0 saturated heterocycles. The van der Waals surface area contributed by atoms with Crippen molar-refractivity contribution in [3.63, 3.8) is 0 Å². The van der Waals surface area contributed by atoms with Crippen LogP contribution in [-0.4, -0.2) is 49.4 Å². The average molecular weight is 371 g/mol. The second-order valence-corrected chi connectivity index (χ2v) is 7.29. The zero-order valence-corrected chi connectivity index (χ0v) is 15.4. The lowest BCUT2D eigenvalue weighted by molar-refractivity contribution is -0.138. The summed E-state index contributed by atoms with van der Waals surface area (Å²) >= 11 is 0. The summed E-state index contributed by atoms with van der Waals surface area (Å²) in [7, 11) is 3.86. The Hall–Kier alpha value is -1.60. The Bertz CT molecular complexity index is 587. The summed E-state index contributed by atoms with van der Waals surface area (Å²) in [5, 5.41) is 0. The molecule has 1 aromatic rings. The van der Waals surface area contributed by atoms with E-state index in [2.05, 4.69) is 0 Å². The number of nitrogens with zero attached hydrogens (tertiary/aromatic N) is 2. The topological polar surface area (TPSA) is 49.6 Å². The molecule has 1 amide bonds. The molecular formula is C19H28F3N3O. The third kappa shape index (κ3) is 5.45. The molecule has 0 bridgehead atoms. The van der Waals surface area contributed by atoms with Crippen LogP contribution in [0.5, 0.6) is 0 Å². The number of hydrogen-bond acceptors (Lipinski definition) is 3. The maximum Gasteiger partial charge on any atom is 0.416 e. The Balaban J connectivity index is 2.12. The number of alkyl halides is 3. The molecule has 0 spiro atoms. The van der Waals surface area contributed by atoms with Gasteiger partial charge in [-0.15, -0.1) is 0 Å². The molecule has 1 fully saturated rings. The van der Waals surface area contributed by atoms with Gasteiger partial charge in [0.2, 0.25) is 5.91 Å². The van der Waals surface area contributed by atoms with E-state index in [1.54, 1.807) is 4.90 Å². The number of carbonyl (C=O) groups is 1. The summed E-state index contributed by atoms with van der Waals surface area (Å²) < 4.78 is 38.2. The number of carbonyl (C=O) groups excluding carboxylic acids is 1. The predicted octanol–water partition coefficient (Wildman–Crippen LogP) is 2.97. The Morgan fingerprint density at radius 1 is 1.15 bits per heavy atom. The predicted molar refractivity (Wildman–Crippen MR) is 95.3 cm³/mol. The highest BCUT2D eigenvalue weighted by Gasteiger charge is 2.35. The molecule has 2 rings (SSSR count). The molecule has 2 N–H and O–H groups in total. The molecule has 1 aromatic carbocycles.